The molecule has 0 aliphatic rings. The number of esters is 1. The topological polar surface area (TPSA) is 125 Å². The molecule has 1 aromatic heterocycles. The molecule has 1 atom stereocenters. The molecule has 1 heterocycles. The maximum atomic E-state index is 14.9. The van der Waals surface area contributed by atoms with Crippen LogP contribution in [0.3, 0.4) is 0 Å². The Kier molecular flexibility index (Phi) is 10.6. The molecule has 0 fully saturated rings. The number of carbonyl (C=O) groups is 3. The fourth-order valence-electron chi connectivity index (χ4n) is 4.47. The minimum absolute atomic E-state index is 0.0214. The minimum Gasteiger partial charge on any atom is -0.489 e. The van der Waals surface area contributed by atoms with Gasteiger partial charge in [-0.05, 0) is 65.4 Å². The number of aromatic nitrogens is 1. The van der Waals surface area contributed by atoms with Gasteiger partial charge < -0.3 is 25.8 Å². The normalized spacial score (nSPS) is 12.0. The van der Waals surface area contributed by atoms with Crippen LogP contribution in [0.2, 0.25) is 5.02 Å². The van der Waals surface area contributed by atoms with E-state index in [1.54, 1.807) is 30.3 Å². The second-order valence-electron chi connectivity index (χ2n) is 10.2. The highest BCUT2D eigenvalue weighted by atomic mass is 35.5. The molecule has 9 nitrogen and oxygen atoms in total. The standard InChI is InChI=1S/C33H25ClF4N4O5S/c34-21-8-13-28-24(14-21)27(16-42(28)30(43)29(39)31(44)47-18-19-4-2-1-3-5-19)41-32(45)40-26-12-9-22(15-25(26)35)46-17-20-6-10-23(11-7-20)48-33(36,37)38/h1-16,29H,17-18,39H2,(H2,40,41,45). The van der Waals surface area contributed by atoms with Crippen molar-refractivity contribution in [3.63, 3.8) is 0 Å². The lowest BCUT2D eigenvalue weighted by Gasteiger charge is -2.12. The molecule has 2 amide bonds. The van der Waals surface area contributed by atoms with Crippen molar-refractivity contribution in [2.75, 3.05) is 10.6 Å². The van der Waals surface area contributed by atoms with Gasteiger partial charge in [0.05, 0.1) is 16.9 Å². The summed E-state index contributed by atoms with van der Waals surface area (Å²) in [7, 11) is 0. The molecule has 4 aromatic carbocycles. The minimum atomic E-state index is -4.40. The number of halogens is 5. The van der Waals surface area contributed by atoms with Crippen LogP contribution >= 0.6 is 23.4 Å². The molecule has 0 aliphatic heterocycles. The zero-order valence-corrected chi connectivity index (χ0v) is 26.2. The van der Waals surface area contributed by atoms with Crippen molar-refractivity contribution >= 4 is 63.5 Å². The van der Waals surface area contributed by atoms with Gasteiger partial charge in [0.1, 0.15) is 24.8 Å². The third kappa shape index (κ3) is 8.85. The number of nitrogens with two attached hydrogens (primary N) is 1. The summed E-state index contributed by atoms with van der Waals surface area (Å²) in [6, 6.07) is 20.0. The summed E-state index contributed by atoms with van der Waals surface area (Å²) >= 11 is 5.93. The predicted molar refractivity (Wildman–Crippen MR) is 174 cm³/mol. The maximum Gasteiger partial charge on any atom is 0.446 e. The molecule has 0 bridgehead atoms. The third-order valence-electron chi connectivity index (χ3n) is 6.75. The first-order chi connectivity index (χ1) is 22.9. The van der Waals surface area contributed by atoms with Gasteiger partial charge in [0.2, 0.25) is 0 Å². The number of ether oxygens (including phenoxy) is 2. The van der Waals surface area contributed by atoms with Crippen LogP contribution in [0.4, 0.5) is 33.7 Å². The predicted octanol–water partition coefficient (Wildman–Crippen LogP) is 7.98. The number of anilines is 2. The number of carbonyl (C=O) groups excluding carboxylic acids is 3. The van der Waals surface area contributed by atoms with Crippen LogP contribution in [-0.2, 0) is 22.7 Å². The Labute approximate surface area is 279 Å². The van der Waals surface area contributed by atoms with Gasteiger partial charge in [0, 0.05) is 27.6 Å². The number of nitrogens with one attached hydrogen (secondary N) is 2. The molecule has 0 aliphatic carbocycles. The van der Waals surface area contributed by atoms with E-state index < -0.39 is 35.3 Å². The largest absolute Gasteiger partial charge is 0.489 e. The van der Waals surface area contributed by atoms with E-state index in [1.807, 2.05) is 0 Å². The van der Waals surface area contributed by atoms with Gasteiger partial charge in [-0.1, -0.05) is 54.1 Å². The van der Waals surface area contributed by atoms with E-state index in [4.69, 9.17) is 26.8 Å². The van der Waals surface area contributed by atoms with E-state index in [0.717, 1.165) is 10.6 Å². The van der Waals surface area contributed by atoms with E-state index >= 15 is 0 Å². The Morgan fingerprint density at radius 1 is 0.875 bits per heavy atom. The summed E-state index contributed by atoms with van der Waals surface area (Å²) in [6.07, 6.45) is 1.26. The summed E-state index contributed by atoms with van der Waals surface area (Å²) in [5.41, 5.74) is 3.01. The average molecular weight is 701 g/mol. The monoisotopic (exact) mass is 700 g/mol. The van der Waals surface area contributed by atoms with Crippen LogP contribution in [0.25, 0.3) is 10.9 Å². The summed E-state index contributed by atoms with van der Waals surface area (Å²) in [5, 5.41) is 5.55. The number of thioether (sulfide) groups is 1. The first-order valence-corrected chi connectivity index (χ1v) is 15.2. The number of urea groups is 1. The molecule has 248 valence electrons. The SMILES string of the molecule is NC(C(=O)OCc1ccccc1)C(=O)n1cc(NC(=O)Nc2ccc(OCc3ccc(SC(F)(F)F)cc3)cc2F)c2cc(Cl)ccc21. The van der Waals surface area contributed by atoms with Crippen LogP contribution in [0.5, 0.6) is 5.75 Å². The number of rotatable bonds is 10. The molecule has 5 aromatic rings. The van der Waals surface area contributed by atoms with Crippen LogP contribution in [-0.4, -0.2) is 34.0 Å². The summed E-state index contributed by atoms with van der Waals surface area (Å²) in [6.45, 7) is -0.121. The molecule has 0 radical (unpaired) electrons. The summed E-state index contributed by atoms with van der Waals surface area (Å²) < 4.78 is 64.3. The van der Waals surface area contributed by atoms with Gasteiger partial charge >= 0.3 is 17.5 Å². The molecular formula is C33H25ClF4N4O5S. The highest BCUT2D eigenvalue weighted by Crippen LogP contribution is 2.37. The summed E-state index contributed by atoms with van der Waals surface area (Å²) in [5.74, 6) is -2.50. The van der Waals surface area contributed by atoms with Crippen LogP contribution < -0.4 is 21.1 Å². The highest BCUT2D eigenvalue weighted by Gasteiger charge is 2.29. The van der Waals surface area contributed by atoms with E-state index in [-0.39, 0.29) is 52.5 Å². The Hall–Kier alpha value is -5.05. The van der Waals surface area contributed by atoms with Crippen molar-refractivity contribution in [2.45, 2.75) is 29.7 Å². The molecule has 0 spiro atoms. The zero-order chi connectivity index (χ0) is 34.4. The molecule has 4 N–H and O–H groups in total. The first-order valence-electron chi connectivity index (χ1n) is 14.0. The van der Waals surface area contributed by atoms with Gasteiger partial charge in [-0.2, -0.15) is 13.2 Å². The Balaban J connectivity index is 1.23. The molecule has 1 unspecified atom stereocenters. The van der Waals surface area contributed by atoms with Crippen molar-refractivity contribution in [1.29, 1.82) is 0 Å². The molecule has 0 saturated carbocycles. The van der Waals surface area contributed by atoms with Crippen molar-refractivity contribution < 1.29 is 41.4 Å². The lowest BCUT2D eigenvalue weighted by atomic mass is 10.2. The number of amides is 2. The van der Waals surface area contributed by atoms with E-state index in [1.165, 1.54) is 60.8 Å². The lowest BCUT2D eigenvalue weighted by Crippen LogP contribution is -2.42. The van der Waals surface area contributed by atoms with Gasteiger partial charge in [0.25, 0.3) is 5.91 Å². The van der Waals surface area contributed by atoms with Gasteiger partial charge in [0.15, 0.2) is 6.04 Å². The highest BCUT2D eigenvalue weighted by molar-refractivity contribution is 8.00. The fourth-order valence-corrected chi connectivity index (χ4v) is 5.18. The number of alkyl halides is 3. The quantitative estimate of drug-likeness (QED) is 0.0584. The number of nitrogens with zero attached hydrogens (tertiary/aromatic N) is 1. The second kappa shape index (κ2) is 14.8. The molecule has 0 saturated heterocycles. The van der Waals surface area contributed by atoms with Crippen LogP contribution in [0, 0.1) is 5.82 Å². The van der Waals surface area contributed by atoms with Crippen molar-refractivity contribution in [3.05, 3.63) is 119 Å². The lowest BCUT2D eigenvalue weighted by molar-refractivity contribution is -0.145. The van der Waals surface area contributed by atoms with Crippen molar-refractivity contribution in [2.24, 2.45) is 5.73 Å². The zero-order valence-electron chi connectivity index (χ0n) is 24.6. The van der Waals surface area contributed by atoms with E-state index in [2.05, 4.69) is 10.6 Å². The number of benzene rings is 4. The van der Waals surface area contributed by atoms with Crippen LogP contribution in [0.15, 0.2) is 102 Å². The number of fused-ring (bicyclic) bond motifs is 1. The number of hydrogen-bond acceptors (Lipinski definition) is 7. The van der Waals surface area contributed by atoms with Gasteiger partial charge in [-0.3, -0.25) is 9.36 Å². The number of hydrogen-bond donors (Lipinski definition) is 3. The average Bonchev–Trinajstić information content (AvgIpc) is 3.40. The van der Waals surface area contributed by atoms with Crippen molar-refractivity contribution in [1.82, 2.24) is 4.57 Å². The fraction of sp³-hybridized carbons (Fsp3) is 0.121. The molecule has 15 heteroatoms. The van der Waals surface area contributed by atoms with E-state index in [9.17, 15) is 31.9 Å². The van der Waals surface area contributed by atoms with Crippen molar-refractivity contribution in [3.8, 4) is 5.75 Å². The first kappa shape index (κ1) is 34.3. The molecule has 5 rings (SSSR count). The molecular weight excluding hydrogens is 676 g/mol. The van der Waals surface area contributed by atoms with Crippen LogP contribution in [0.1, 0.15) is 15.9 Å². The van der Waals surface area contributed by atoms with Gasteiger partial charge in [-0.25, -0.2) is 14.0 Å². The molecule has 48 heavy (non-hydrogen) atoms. The third-order valence-corrected chi connectivity index (χ3v) is 7.72. The summed E-state index contributed by atoms with van der Waals surface area (Å²) in [4.78, 5) is 38.7. The Morgan fingerprint density at radius 2 is 1.56 bits per heavy atom. The second-order valence-corrected chi connectivity index (χ2v) is 11.8. The smallest absolute Gasteiger partial charge is 0.446 e. The Morgan fingerprint density at radius 3 is 2.25 bits per heavy atom. The van der Waals surface area contributed by atoms with Gasteiger partial charge in [-0.15, -0.1) is 0 Å². The van der Waals surface area contributed by atoms with E-state index in [0.29, 0.717) is 21.5 Å². The Bertz CT molecular complexity index is 1960. The maximum absolute atomic E-state index is 14.9.